The number of aliphatic hydroxyl groups is 1. The van der Waals surface area contributed by atoms with Crippen LogP contribution in [0.3, 0.4) is 0 Å². The molecule has 2 aromatic rings. The molecule has 21 heavy (non-hydrogen) atoms. The van der Waals surface area contributed by atoms with Gasteiger partial charge in [-0.3, -0.25) is 0 Å². The zero-order chi connectivity index (χ0) is 15.1. The molecule has 0 bridgehead atoms. The Morgan fingerprint density at radius 3 is 1.71 bits per heavy atom. The van der Waals surface area contributed by atoms with Gasteiger partial charge >= 0.3 is 0 Å². The molecule has 0 aromatic heterocycles. The summed E-state index contributed by atoms with van der Waals surface area (Å²) in [7, 11) is 0. The highest BCUT2D eigenvalue weighted by Gasteiger charge is 2.61. The molecule has 3 nitrogen and oxygen atoms in total. The van der Waals surface area contributed by atoms with Crippen molar-refractivity contribution in [2.24, 2.45) is 15.6 Å². The van der Waals surface area contributed by atoms with Gasteiger partial charge in [0.1, 0.15) is 5.54 Å². The summed E-state index contributed by atoms with van der Waals surface area (Å²) >= 11 is 0. The Labute approximate surface area is 125 Å². The zero-order valence-corrected chi connectivity index (χ0v) is 12.6. The maximum Gasteiger partial charge on any atom is 0.210 e. The fourth-order valence-electron chi connectivity index (χ4n) is 3.03. The van der Waals surface area contributed by atoms with E-state index in [0.29, 0.717) is 0 Å². The van der Waals surface area contributed by atoms with Gasteiger partial charge in [-0.2, -0.15) is 10.2 Å². The molecule has 0 unspecified atom stereocenters. The second-order valence-electron chi connectivity index (χ2n) is 6.30. The van der Waals surface area contributed by atoms with Crippen LogP contribution in [-0.2, 0) is 11.3 Å². The van der Waals surface area contributed by atoms with E-state index in [1.165, 1.54) is 0 Å². The van der Waals surface area contributed by atoms with Crippen LogP contribution in [0.25, 0.3) is 0 Å². The quantitative estimate of drug-likeness (QED) is 0.878. The van der Waals surface area contributed by atoms with E-state index in [-0.39, 0.29) is 0 Å². The molecule has 1 aliphatic rings. The summed E-state index contributed by atoms with van der Waals surface area (Å²) in [6.45, 7) is 6.08. The van der Waals surface area contributed by atoms with E-state index < -0.39 is 16.7 Å². The molecule has 3 heteroatoms. The van der Waals surface area contributed by atoms with Crippen molar-refractivity contribution in [2.75, 3.05) is 0 Å². The standard InChI is InChI=1S/C18H20N2O/c1-16(2)17(3,14-10-6-4-7-11-14)19-20-18(16,21)15-12-8-5-9-13-15/h4-13,21H,1-3H3/t17-,18-/m1/s1. The van der Waals surface area contributed by atoms with Crippen molar-refractivity contribution in [3.05, 3.63) is 71.8 Å². The van der Waals surface area contributed by atoms with Crippen molar-refractivity contribution in [1.29, 1.82) is 0 Å². The molecule has 0 radical (unpaired) electrons. The van der Waals surface area contributed by atoms with Crippen molar-refractivity contribution >= 4 is 0 Å². The van der Waals surface area contributed by atoms with Crippen molar-refractivity contribution in [3.8, 4) is 0 Å². The molecule has 0 saturated carbocycles. The third-order valence-electron chi connectivity index (χ3n) is 5.00. The Morgan fingerprint density at radius 2 is 1.19 bits per heavy atom. The lowest BCUT2D eigenvalue weighted by molar-refractivity contribution is -0.0763. The van der Waals surface area contributed by atoms with E-state index in [1.807, 2.05) is 81.4 Å². The molecule has 0 aliphatic carbocycles. The number of azo groups is 1. The Kier molecular flexibility index (Phi) is 2.99. The van der Waals surface area contributed by atoms with E-state index in [0.717, 1.165) is 11.1 Å². The second-order valence-corrected chi connectivity index (χ2v) is 6.30. The number of benzene rings is 2. The Balaban J connectivity index is 2.13. The van der Waals surface area contributed by atoms with Crippen molar-refractivity contribution in [2.45, 2.75) is 32.0 Å². The highest BCUT2D eigenvalue weighted by Crippen LogP contribution is 2.59. The highest BCUT2D eigenvalue weighted by molar-refractivity contribution is 5.34. The van der Waals surface area contributed by atoms with Crippen molar-refractivity contribution in [3.63, 3.8) is 0 Å². The van der Waals surface area contributed by atoms with Crippen LogP contribution < -0.4 is 0 Å². The van der Waals surface area contributed by atoms with Gasteiger partial charge in [0.05, 0.1) is 5.41 Å². The highest BCUT2D eigenvalue weighted by atomic mass is 16.3. The topological polar surface area (TPSA) is 45.0 Å². The molecule has 1 aliphatic heterocycles. The van der Waals surface area contributed by atoms with Gasteiger partial charge in [-0.05, 0) is 12.5 Å². The number of rotatable bonds is 2. The van der Waals surface area contributed by atoms with Crippen LogP contribution in [0.5, 0.6) is 0 Å². The molecule has 0 fully saturated rings. The molecule has 108 valence electrons. The second kappa shape index (κ2) is 4.50. The molecule has 2 atom stereocenters. The van der Waals surface area contributed by atoms with Crippen LogP contribution in [0.2, 0.25) is 0 Å². The van der Waals surface area contributed by atoms with Crippen LogP contribution in [0.4, 0.5) is 0 Å². The third-order valence-corrected chi connectivity index (χ3v) is 5.00. The van der Waals surface area contributed by atoms with Gasteiger partial charge in [0.2, 0.25) is 5.72 Å². The summed E-state index contributed by atoms with van der Waals surface area (Å²) in [6, 6.07) is 19.6. The van der Waals surface area contributed by atoms with Gasteiger partial charge in [0.25, 0.3) is 0 Å². The van der Waals surface area contributed by atoms with E-state index in [9.17, 15) is 5.11 Å². The van der Waals surface area contributed by atoms with Crippen LogP contribution in [-0.4, -0.2) is 5.11 Å². The minimum atomic E-state index is -1.32. The summed E-state index contributed by atoms with van der Waals surface area (Å²) in [6.07, 6.45) is 0. The maximum absolute atomic E-state index is 11.2. The van der Waals surface area contributed by atoms with Gasteiger partial charge < -0.3 is 5.11 Å². The maximum atomic E-state index is 11.2. The summed E-state index contributed by atoms with van der Waals surface area (Å²) in [4.78, 5) is 0. The first kappa shape index (κ1) is 14.0. The lowest BCUT2D eigenvalue weighted by Crippen LogP contribution is -2.47. The molecule has 0 spiro atoms. The van der Waals surface area contributed by atoms with E-state index >= 15 is 0 Å². The molecular weight excluding hydrogens is 260 g/mol. The Bertz CT molecular complexity index is 609. The Hall–Kier alpha value is -2.00. The Morgan fingerprint density at radius 1 is 0.714 bits per heavy atom. The molecular formula is C18H20N2O. The first-order valence-corrected chi connectivity index (χ1v) is 7.19. The van der Waals surface area contributed by atoms with Gasteiger partial charge in [-0.25, -0.2) is 0 Å². The van der Waals surface area contributed by atoms with Crippen LogP contribution in [0.1, 0.15) is 31.9 Å². The predicted molar refractivity (Wildman–Crippen MR) is 82.8 cm³/mol. The smallest absolute Gasteiger partial charge is 0.210 e. The minimum absolute atomic E-state index is 0.567. The van der Waals surface area contributed by atoms with E-state index in [4.69, 9.17) is 0 Å². The normalized spacial score (nSPS) is 30.5. The fourth-order valence-corrected chi connectivity index (χ4v) is 3.03. The predicted octanol–water partition coefficient (Wildman–Crippen LogP) is 4.24. The van der Waals surface area contributed by atoms with Gasteiger partial charge in [-0.15, -0.1) is 0 Å². The van der Waals surface area contributed by atoms with Crippen molar-refractivity contribution in [1.82, 2.24) is 0 Å². The van der Waals surface area contributed by atoms with Gasteiger partial charge in [-0.1, -0.05) is 74.5 Å². The minimum Gasteiger partial charge on any atom is -0.364 e. The number of hydrogen-bond acceptors (Lipinski definition) is 3. The van der Waals surface area contributed by atoms with Crippen molar-refractivity contribution < 1.29 is 5.11 Å². The number of nitrogens with zero attached hydrogens (tertiary/aromatic N) is 2. The third kappa shape index (κ3) is 1.77. The van der Waals surface area contributed by atoms with Gasteiger partial charge in [0.15, 0.2) is 0 Å². The number of hydrogen-bond donors (Lipinski definition) is 1. The molecule has 0 saturated heterocycles. The first-order chi connectivity index (χ1) is 9.92. The fraction of sp³-hybridized carbons (Fsp3) is 0.333. The summed E-state index contributed by atoms with van der Waals surface area (Å²) in [5.74, 6) is 0. The largest absolute Gasteiger partial charge is 0.364 e. The SMILES string of the molecule is CC1(C)[C@](O)(c2ccccc2)N=N[C@]1(C)c1ccccc1. The molecule has 2 aromatic carbocycles. The molecule has 0 amide bonds. The monoisotopic (exact) mass is 280 g/mol. The lowest BCUT2D eigenvalue weighted by Gasteiger charge is -2.42. The first-order valence-electron chi connectivity index (χ1n) is 7.19. The average molecular weight is 280 g/mol. The van der Waals surface area contributed by atoms with E-state index in [2.05, 4.69) is 10.2 Å². The summed E-state index contributed by atoms with van der Waals surface area (Å²) < 4.78 is 0. The van der Waals surface area contributed by atoms with Crippen LogP contribution >= 0.6 is 0 Å². The van der Waals surface area contributed by atoms with Crippen LogP contribution in [0, 0.1) is 5.41 Å². The zero-order valence-electron chi connectivity index (χ0n) is 12.6. The van der Waals surface area contributed by atoms with Crippen LogP contribution in [0.15, 0.2) is 70.9 Å². The summed E-state index contributed by atoms with van der Waals surface area (Å²) in [5.41, 5.74) is -0.621. The van der Waals surface area contributed by atoms with E-state index in [1.54, 1.807) is 0 Å². The molecule has 3 rings (SSSR count). The molecule has 1 heterocycles. The average Bonchev–Trinajstić information content (AvgIpc) is 2.71. The summed E-state index contributed by atoms with van der Waals surface area (Å²) in [5, 5.41) is 20.0. The molecule has 1 N–H and O–H groups in total. The lowest BCUT2D eigenvalue weighted by atomic mass is 9.63. The van der Waals surface area contributed by atoms with Gasteiger partial charge in [0, 0.05) is 5.56 Å².